The molecule has 0 unspecified atom stereocenters. The van der Waals surface area contributed by atoms with E-state index in [-0.39, 0.29) is 10.6 Å². The Morgan fingerprint density at radius 2 is 1.70 bits per heavy atom. The Kier molecular flexibility index (Phi) is 6.61. The van der Waals surface area contributed by atoms with E-state index in [1.54, 1.807) is 48.5 Å². The molecule has 4 N–H and O–H groups in total. The number of amides is 2. The van der Waals surface area contributed by atoms with Gasteiger partial charge in [-0.2, -0.15) is 0 Å². The normalized spacial score (nSPS) is 10.2. The first-order chi connectivity index (χ1) is 14.4. The van der Waals surface area contributed by atoms with Crippen LogP contribution in [-0.2, 0) is 0 Å². The van der Waals surface area contributed by atoms with Crippen LogP contribution < -0.4 is 21.1 Å². The van der Waals surface area contributed by atoms with E-state index < -0.39 is 11.8 Å². The zero-order valence-corrected chi connectivity index (χ0v) is 17.4. The molecule has 7 nitrogen and oxygen atoms in total. The molecule has 152 valence electrons. The zero-order chi connectivity index (χ0) is 21.7. The molecular formula is C21H17ClN4O3S. The van der Waals surface area contributed by atoms with E-state index in [9.17, 15) is 9.59 Å². The molecule has 0 atom stereocenters. The standard InChI is InChI=1S/C21H17ClN4O3S/c1-29-15-7-8-17(25-20(27)13-4-2-12(3-5-13)19(23)30)16(10-15)21(28)26-18-9-6-14(22)11-24-18/h2-11H,1H3,(H2,23,30)(H,25,27)(H,24,26,28). The first-order valence-corrected chi connectivity index (χ1v) is 9.48. The number of carbonyl (C=O) groups is 2. The first-order valence-electron chi connectivity index (χ1n) is 8.69. The molecule has 3 rings (SSSR count). The van der Waals surface area contributed by atoms with Crippen molar-refractivity contribution in [1.82, 2.24) is 4.98 Å². The summed E-state index contributed by atoms with van der Waals surface area (Å²) in [6.07, 6.45) is 1.42. The molecule has 0 fully saturated rings. The Hall–Kier alpha value is -3.49. The number of hydrogen-bond donors (Lipinski definition) is 3. The van der Waals surface area contributed by atoms with Gasteiger partial charge in [0.25, 0.3) is 11.8 Å². The smallest absolute Gasteiger partial charge is 0.259 e. The van der Waals surface area contributed by atoms with Crippen molar-refractivity contribution in [2.45, 2.75) is 0 Å². The molecule has 0 saturated heterocycles. The summed E-state index contributed by atoms with van der Waals surface area (Å²) < 4.78 is 5.20. The number of methoxy groups -OCH3 is 1. The topological polar surface area (TPSA) is 106 Å². The van der Waals surface area contributed by atoms with Gasteiger partial charge in [-0.1, -0.05) is 36.0 Å². The molecule has 30 heavy (non-hydrogen) atoms. The number of ether oxygens (including phenoxy) is 1. The number of thiocarbonyl (C=S) groups is 1. The highest BCUT2D eigenvalue weighted by Crippen LogP contribution is 2.24. The molecule has 0 radical (unpaired) electrons. The van der Waals surface area contributed by atoms with Crippen LogP contribution in [0.2, 0.25) is 5.02 Å². The van der Waals surface area contributed by atoms with Gasteiger partial charge in [-0.05, 0) is 42.5 Å². The van der Waals surface area contributed by atoms with Crippen molar-refractivity contribution in [3.8, 4) is 5.75 Å². The summed E-state index contributed by atoms with van der Waals surface area (Å²) in [7, 11) is 1.49. The fraction of sp³-hybridized carbons (Fsp3) is 0.0476. The van der Waals surface area contributed by atoms with Gasteiger partial charge in [0.05, 0.1) is 23.4 Å². The largest absolute Gasteiger partial charge is 0.497 e. The maximum Gasteiger partial charge on any atom is 0.259 e. The minimum absolute atomic E-state index is 0.208. The monoisotopic (exact) mass is 440 g/mol. The molecule has 0 saturated carbocycles. The molecule has 0 aliphatic carbocycles. The van der Waals surface area contributed by atoms with Gasteiger partial charge in [-0.3, -0.25) is 9.59 Å². The molecule has 9 heteroatoms. The van der Waals surface area contributed by atoms with E-state index in [0.29, 0.717) is 33.4 Å². The molecule has 0 aliphatic heterocycles. The molecule has 0 bridgehead atoms. The second kappa shape index (κ2) is 9.34. The van der Waals surface area contributed by atoms with Crippen LogP contribution >= 0.6 is 23.8 Å². The number of aromatic nitrogens is 1. The number of anilines is 2. The number of halogens is 1. The lowest BCUT2D eigenvalue weighted by atomic mass is 10.1. The third-order valence-electron chi connectivity index (χ3n) is 4.12. The van der Waals surface area contributed by atoms with Crippen molar-refractivity contribution in [1.29, 1.82) is 0 Å². The van der Waals surface area contributed by atoms with Crippen LogP contribution in [0.25, 0.3) is 0 Å². The molecule has 0 spiro atoms. The zero-order valence-electron chi connectivity index (χ0n) is 15.8. The average molecular weight is 441 g/mol. The van der Waals surface area contributed by atoms with Crippen LogP contribution in [0.5, 0.6) is 5.75 Å². The summed E-state index contributed by atoms with van der Waals surface area (Å²) in [6.45, 7) is 0. The highest BCUT2D eigenvalue weighted by atomic mass is 35.5. The van der Waals surface area contributed by atoms with E-state index in [1.165, 1.54) is 19.4 Å². The van der Waals surface area contributed by atoms with E-state index in [1.807, 2.05) is 0 Å². The van der Waals surface area contributed by atoms with Crippen molar-refractivity contribution in [2.75, 3.05) is 17.7 Å². The lowest BCUT2D eigenvalue weighted by Gasteiger charge is -2.13. The van der Waals surface area contributed by atoms with Gasteiger partial charge >= 0.3 is 0 Å². The number of nitrogens with one attached hydrogen (secondary N) is 2. The van der Waals surface area contributed by atoms with Crippen LogP contribution in [0, 0.1) is 0 Å². The predicted molar refractivity (Wildman–Crippen MR) is 120 cm³/mol. The van der Waals surface area contributed by atoms with Gasteiger partial charge < -0.3 is 21.1 Å². The fourth-order valence-electron chi connectivity index (χ4n) is 2.56. The highest BCUT2D eigenvalue weighted by Gasteiger charge is 2.17. The van der Waals surface area contributed by atoms with Crippen molar-refractivity contribution < 1.29 is 14.3 Å². The number of benzene rings is 2. The minimum atomic E-state index is -0.470. The Morgan fingerprint density at radius 3 is 2.30 bits per heavy atom. The van der Waals surface area contributed by atoms with Crippen molar-refractivity contribution in [2.24, 2.45) is 5.73 Å². The van der Waals surface area contributed by atoms with Gasteiger partial charge in [-0.25, -0.2) is 4.98 Å². The summed E-state index contributed by atoms with van der Waals surface area (Å²) in [5.41, 5.74) is 7.14. The molecule has 3 aromatic rings. The second-order valence-electron chi connectivity index (χ2n) is 6.12. The summed E-state index contributed by atoms with van der Waals surface area (Å²) in [5.74, 6) is -0.0861. The number of pyridine rings is 1. The van der Waals surface area contributed by atoms with Gasteiger partial charge in [0.15, 0.2) is 0 Å². The van der Waals surface area contributed by atoms with Gasteiger partial charge in [-0.15, -0.1) is 0 Å². The molecule has 2 amide bonds. The second-order valence-corrected chi connectivity index (χ2v) is 7.00. The number of rotatable bonds is 6. The van der Waals surface area contributed by atoms with Crippen molar-refractivity contribution >= 4 is 52.1 Å². The van der Waals surface area contributed by atoms with Gasteiger partial charge in [0.1, 0.15) is 16.6 Å². The number of hydrogen-bond acceptors (Lipinski definition) is 5. The van der Waals surface area contributed by atoms with E-state index in [4.69, 9.17) is 34.3 Å². The molecule has 1 aromatic heterocycles. The SMILES string of the molecule is COc1ccc(NC(=O)c2ccc(C(N)=S)cc2)c(C(=O)Nc2ccc(Cl)cn2)c1. The molecule has 1 heterocycles. The number of carbonyl (C=O) groups excluding carboxylic acids is 2. The quantitative estimate of drug-likeness (QED) is 0.502. The summed E-state index contributed by atoms with van der Waals surface area (Å²) >= 11 is 10.7. The lowest BCUT2D eigenvalue weighted by Crippen LogP contribution is -2.19. The maximum atomic E-state index is 12.8. The Balaban J connectivity index is 1.85. The van der Waals surface area contributed by atoms with Gasteiger partial charge in [0, 0.05) is 17.3 Å². The average Bonchev–Trinajstić information content (AvgIpc) is 2.75. The third kappa shape index (κ3) is 5.11. The number of nitrogens with zero attached hydrogens (tertiary/aromatic N) is 1. The number of nitrogens with two attached hydrogens (primary N) is 1. The van der Waals surface area contributed by atoms with Crippen LogP contribution in [0.4, 0.5) is 11.5 Å². The molecule has 0 aliphatic rings. The minimum Gasteiger partial charge on any atom is -0.497 e. The maximum absolute atomic E-state index is 12.8. The fourth-order valence-corrected chi connectivity index (χ4v) is 2.81. The van der Waals surface area contributed by atoms with Crippen LogP contribution in [0.1, 0.15) is 26.3 Å². The van der Waals surface area contributed by atoms with Crippen LogP contribution in [0.15, 0.2) is 60.8 Å². The van der Waals surface area contributed by atoms with Crippen LogP contribution in [-0.4, -0.2) is 28.9 Å². The van der Waals surface area contributed by atoms with E-state index in [2.05, 4.69) is 15.6 Å². The Morgan fingerprint density at radius 1 is 1.00 bits per heavy atom. The van der Waals surface area contributed by atoms with Crippen LogP contribution in [0.3, 0.4) is 0 Å². The Bertz CT molecular complexity index is 1100. The lowest BCUT2D eigenvalue weighted by molar-refractivity contribution is 0.102. The molecular weight excluding hydrogens is 424 g/mol. The molecule has 2 aromatic carbocycles. The first kappa shape index (κ1) is 21.2. The van der Waals surface area contributed by atoms with Crippen molar-refractivity contribution in [3.05, 3.63) is 82.5 Å². The summed E-state index contributed by atoms with van der Waals surface area (Å²) in [4.78, 5) is 29.7. The predicted octanol–water partition coefficient (Wildman–Crippen LogP) is 3.88. The summed E-state index contributed by atoms with van der Waals surface area (Å²) in [5, 5.41) is 5.86. The van der Waals surface area contributed by atoms with Gasteiger partial charge in [0.2, 0.25) is 0 Å². The summed E-state index contributed by atoms with van der Waals surface area (Å²) in [6, 6.07) is 14.5. The van der Waals surface area contributed by atoms with E-state index in [0.717, 1.165) is 0 Å². The third-order valence-corrected chi connectivity index (χ3v) is 4.58. The van der Waals surface area contributed by atoms with Crippen molar-refractivity contribution in [3.63, 3.8) is 0 Å². The highest BCUT2D eigenvalue weighted by molar-refractivity contribution is 7.80. The Labute approximate surface area is 183 Å². The van der Waals surface area contributed by atoms with E-state index >= 15 is 0 Å².